The Kier molecular flexibility index (Phi) is 4.25. The summed E-state index contributed by atoms with van der Waals surface area (Å²) in [5.41, 5.74) is 1.53. The molecule has 1 aromatic rings. The maximum atomic E-state index is 11.8. The van der Waals surface area contributed by atoms with Crippen LogP contribution in [-0.4, -0.2) is 21.4 Å². The molecule has 0 bridgehead atoms. The molecule has 1 amide bonds. The van der Waals surface area contributed by atoms with E-state index in [9.17, 15) is 13.2 Å². The molecule has 6 heteroatoms. The van der Waals surface area contributed by atoms with Crippen LogP contribution in [0.2, 0.25) is 0 Å². The highest BCUT2D eigenvalue weighted by Gasteiger charge is 2.23. The minimum absolute atomic E-state index is 0.126. The van der Waals surface area contributed by atoms with Gasteiger partial charge in [-0.15, -0.1) is 0 Å². The Morgan fingerprint density at radius 1 is 1.35 bits per heavy atom. The van der Waals surface area contributed by atoms with E-state index in [0.29, 0.717) is 11.6 Å². The zero-order valence-electron chi connectivity index (χ0n) is 11.5. The number of nitrogens with one attached hydrogen (secondary N) is 2. The van der Waals surface area contributed by atoms with E-state index in [0.717, 1.165) is 18.4 Å². The van der Waals surface area contributed by atoms with Crippen LogP contribution in [0.1, 0.15) is 19.8 Å². The number of sulfonamides is 1. The van der Waals surface area contributed by atoms with Crippen molar-refractivity contribution in [3.05, 3.63) is 35.9 Å². The fourth-order valence-electron chi connectivity index (χ4n) is 1.90. The number of carbonyl (C=O) groups is 1. The normalized spacial score (nSPS) is 16.0. The zero-order chi connectivity index (χ0) is 14.8. The lowest BCUT2D eigenvalue weighted by Crippen LogP contribution is -2.19. The number of rotatable bonds is 5. The molecule has 0 unspecified atom stereocenters. The molecule has 0 aliphatic heterocycles. The maximum absolute atomic E-state index is 11.8. The number of amides is 1. The summed E-state index contributed by atoms with van der Waals surface area (Å²) in [5, 5.41) is 2.68. The topological polar surface area (TPSA) is 75.3 Å². The second kappa shape index (κ2) is 5.76. The van der Waals surface area contributed by atoms with Gasteiger partial charge in [0.15, 0.2) is 0 Å². The summed E-state index contributed by atoms with van der Waals surface area (Å²) < 4.78 is 25.6. The number of carbonyl (C=O) groups excluding carboxylic acids is 1. The van der Waals surface area contributed by atoms with Gasteiger partial charge in [-0.25, -0.2) is 13.1 Å². The van der Waals surface area contributed by atoms with Crippen LogP contribution in [0.5, 0.6) is 0 Å². The van der Waals surface area contributed by atoms with Crippen molar-refractivity contribution < 1.29 is 13.2 Å². The van der Waals surface area contributed by atoms with E-state index in [2.05, 4.69) is 10.0 Å². The highest BCUT2D eigenvalue weighted by Crippen LogP contribution is 2.35. The van der Waals surface area contributed by atoms with Gasteiger partial charge in [-0.1, -0.05) is 11.6 Å². The number of benzene rings is 1. The Balaban J connectivity index is 2.12. The molecule has 108 valence electrons. The van der Waals surface area contributed by atoms with Crippen molar-refractivity contribution in [2.75, 3.05) is 12.4 Å². The first-order valence-corrected chi connectivity index (χ1v) is 7.93. The highest BCUT2D eigenvalue weighted by atomic mass is 32.2. The Morgan fingerprint density at radius 2 is 2.05 bits per heavy atom. The van der Waals surface area contributed by atoms with Crippen molar-refractivity contribution in [2.45, 2.75) is 24.7 Å². The molecule has 0 saturated heterocycles. The maximum Gasteiger partial charge on any atom is 0.248 e. The van der Waals surface area contributed by atoms with Crippen molar-refractivity contribution in [2.24, 2.45) is 5.92 Å². The van der Waals surface area contributed by atoms with E-state index < -0.39 is 10.0 Å². The average Bonchev–Trinajstić information content (AvgIpc) is 3.23. The molecule has 0 radical (unpaired) electrons. The third kappa shape index (κ3) is 3.68. The Bertz CT molecular complexity index is 646. The van der Waals surface area contributed by atoms with Crippen LogP contribution in [0.4, 0.5) is 5.69 Å². The summed E-state index contributed by atoms with van der Waals surface area (Å²) in [6.07, 6.45) is 3.87. The van der Waals surface area contributed by atoms with Crippen molar-refractivity contribution in [3.8, 4) is 0 Å². The molecule has 1 aromatic carbocycles. The van der Waals surface area contributed by atoms with E-state index in [-0.39, 0.29) is 10.8 Å². The van der Waals surface area contributed by atoms with Crippen LogP contribution in [0.15, 0.2) is 40.8 Å². The predicted molar refractivity (Wildman–Crippen MR) is 77.8 cm³/mol. The first kappa shape index (κ1) is 14.7. The molecule has 0 atom stereocenters. The van der Waals surface area contributed by atoms with Crippen LogP contribution < -0.4 is 10.0 Å². The standard InChI is InChI=1S/C14H18N2O3S/c1-10(11-6-7-11)8-14(17)16-12-4-3-5-13(9-12)20(18,19)15-2/h3-5,8-9,11,15H,6-7H2,1-2H3,(H,16,17)/b10-8+. The smallest absolute Gasteiger partial charge is 0.248 e. The molecule has 1 fully saturated rings. The van der Waals surface area contributed by atoms with Gasteiger partial charge in [-0.2, -0.15) is 0 Å². The van der Waals surface area contributed by atoms with Crippen molar-refractivity contribution in [1.29, 1.82) is 0 Å². The molecule has 0 spiro atoms. The van der Waals surface area contributed by atoms with Gasteiger partial charge >= 0.3 is 0 Å². The average molecular weight is 294 g/mol. The summed E-state index contributed by atoms with van der Waals surface area (Å²) >= 11 is 0. The first-order valence-electron chi connectivity index (χ1n) is 6.45. The Labute approximate surface area is 119 Å². The van der Waals surface area contributed by atoms with Gasteiger partial charge in [0.05, 0.1) is 4.90 Å². The fraction of sp³-hybridized carbons (Fsp3) is 0.357. The highest BCUT2D eigenvalue weighted by molar-refractivity contribution is 7.89. The van der Waals surface area contributed by atoms with Gasteiger partial charge in [0.2, 0.25) is 15.9 Å². The monoisotopic (exact) mass is 294 g/mol. The Hall–Kier alpha value is -1.66. The van der Waals surface area contributed by atoms with Crippen LogP contribution in [-0.2, 0) is 14.8 Å². The summed E-state index contributed by atoms with van der Waals surface area (Å²) in [5.74, 6) is 0.310. The number of anilines is 1. The molecule has 0 heterocycles. The van der Waals surface area contributed by atoms with Gasteiger partial charge in [-0.05, 0) is 50.9 Å². The van der Waals surface area contributed by atoms with E-state index in [1.165, 1.54) is 19.2 Å². The second-order valence-corrected chi connectivity index (χ2v) is 6.77. The number of allylic oxidation sites excluding steroid dienone is 1. The van der Waals surface area contributed by atoms with E-state index in [1.807, 2.05) is 6.92 Å². The third-order valence-corrected chi connectivity index (χ3v) is 4.67. The lowest BCUT2D eigenvalue weighted by molar-refractivity contribution is -0.112. The quantitative estimate of drug-likeness (QED) is 0.814. The van der Waals surface area contributed by atoms with Gasteiger partial charge in [0.25, 0.3) is 0 Å². The van der Waals surface area contributed by atoms with Crippen molar-refractivity contribution >= 4 is 21.6 Å². The third-order valence-electron chi connectivity index (χ3n) is 3.26. The van der Waals surface area contributed by atoms with Crippen LogP contribution in [0, 0.1) is 5.92 Å². The second-order valence-electron chi connectivity index (χ2n) is 4.89. The fourth-order valence-corrected chi connectivity index (χ4v) is 2.68. The van der Waals surface area contributed by atoms with Gasteiger partial charge in [-0.3, -0.25) is 4.79 Å². The van der Waals surface area contributed by atoms with Crippen LogP contribution in [0.25, 0.3) is 0 Å². The zero-order valence-corrected chi connectivity index (χ0v) is 12.3. The molecule has 20 heavy (non-hydrogen) atoms. The molecule has 2 N–H and O–H groups in total. The number of hydrogen-bond acceptors (Lipinski definition) is 3. The molecule has 5 nitrogen and oxygen atoms in total. The van der Waals surface area contributed by atoms with E-state index in [4.69, 9.17) is 0 Å². The molecule has 0 aromatic heterocycles. The molecule has 2 rings (SSSR count). The molecule has 1 saturated carbocycles. The minimum atomic E-state index is -3.50. The van der Waals surface area contributed by atoms with Crippen molar-refractivity contribution in [3.63, 3.8) is 0 Å². The number of hydrogen-bond donors (Lipinski definition) is 2. The van der Waals surface area contributed by atoms with E-state index in [1.54, 1.807) is 18.2 Å². The molecule has 1 aliphatic carbocycles. The first-order chi connectivity index (χ1) is 9.42. The summed E-state index contributed by atoms with van der Waals surface area (Å²) in [4.78, 5) is 12.0. The Morgan fingerprint density at radius 3 is 2.65 bits per heavy atom. The van der Waals surface area contributed by atoms with E-state index >= 15 is 0 Å². The summed E-state index contributed by atoms with van der Waals surface area (Å²) in [6.45, 7) is 1.94. The molecule has 1 aliphatic rings. The summed E-state index contributed by atoms with van der Waals surface area (Å²) in [6, 6.07) is 6.17. The molecular formula is C14H18N2O3S. The van der Waals surface area contributed by atoms with Crippen LogP contribution in [0.3, 0.4) is 0 Å². The lowest BCUT2D eigenvalue weighted by Gasteiger charge is -2.06. The predicted octanol–water partition coefficient (Wildman–Crippen LogP) is 1.89. The summed E-state index contributed by atoms with van der Waals surface area (Å²) in [7, 11) is -2.15. The van der Waals surface area contributed by atoms with Gasteiger partial charge in [0, 0.05) is 11.8 Å². The van der Waals surface area contributed by atoms with Crippen molar-refractivity contribution in [1.82, 2.24) is 4.72 Å². The lowest BCUT2D eigenvalue weighted by atomic mass is 10.2. The largest absolute Gasteiger partial charge is 0.322 e. The van der Waals surface area contributed by atoms with Gasteiger partial charge in [0.1, 0.15) is 0 Å². The van der Waals surface area contributed by atoms with Crippen LogP contribution >= 0.6 is 0 Å². The minimum Gasteiger partial charge on any atom is -0.322 e. The molecular weight excluding hydrogens is 276 g/mol. The SMILES string of the molecule is CNS(=O)(=O)c1cccc(NC(=O)/C=C(\C)C2CC2)c1. The van der Waals surface area contributed by atoms with Gasteiger partial charge < -0.3 is 5.32 Å².